The molecule has 5 heteroatoms. The molecule has 0 aromatic carbocycles. The Hall–Kier alpha value is -1.36. The van der Waals surface area contributed by atoms with Gasteiger partial charge in [-0.25, -0.2) is 4.98 Å². The summed E-state index contributed by atoms with van der Waals surface area (Å²) in [6, 6.07) is 0.180. The normalized spacial score (nSPS) is 16.4. The molecule has 2 atom stereocenters. The van der Waals surface area contributed by atoms with E-state index < -0.39 is 5.54 Å². The van der Waals surface area contributed by atoms with E-state index in [2.05, 4.69) is 24.1 Å². The minimum atomic E-state index is -0.667. The molecule has 96 valence electrons. The van der Waals surface area contributed by atoms with Gasteiger partial charge in [0.25, 0.3) is 0 Å². The average Bonchev–Trinajstić information content (AvgIpc) is 2.79. The van der Waals surface area contributed by atoms with E-state index in [1.807, 2.05) is 17.7 Å². The fraction of sp³-hybridized carbons (Fsp3) is 0.667. The Morgan fingerprint density at radius 1 is 1.65 bits per heavy atom. The average molecular weight is 238 g/mol. The van der Waals surface area contributed by atoms with E-state index in [1.165, 1.54) is 0 Å². The SMILES string of the molecule is CCCNC(C)(CC(C)n1ccnc1)C(N)=O. The third kappa shape index (κ3) is 3.56. The molecule has 1 rings (SSSR count). The van der Waals surface area contributed by atoms with Crippen molar-refractivity contribution in [2.45, 2.75) is 45.2 Å². The van der Waals surface area contributed by atoms with Gasteiger partial charge in [0.05, 0.1) is 11.9 Å². The second-order valence-corrected chi connectivity index (χ2v) is 4.69. The van der Waals surface area contributed by atoms with Crippen molar-refractivity contribution in [2.24, 2.45) is 5.73 Å². The van der Waals surface area contributed by atoms with Crippen LogP contribution in [0.2, 0.25) is 0 Å². The molecule has 3 N–H and O–H groups in total. The Morgan fingerprint density at radius 3 is 2.82 bits per heavy atom. The fourth-order valence-corrected chi connectivity index (χ4v) is 1.89. The highest BCUT2D eigenvalue weighted by Crippen LogP contribution is 2.20. The van der Waals surface area contributed by atoms with Gasteiger partial charge in [-0.2, -0.15) is 0 Å². The van der Waals surface area contributed by atoms with Gasteiger partial charge >= 0.3 is 0 Å². The fourth-order valence-electron chi connectivity index (χ4n) is 1.89. The van der Waals surface area contributed by atoms with Gasteiger partial charge in [0.15, 0.2) is 0 Å². The summed E-state index contributed by atoms with van der Waals surface area (Å²) in [5, 5.41) is 3.23. The molecule has 0 fully saturated rings. The quantitative estimate of drug-likeness (QED) is 0.746. The summed E-state index contributed by atoms with van der Waals surface area (Å²) in [5.74, 6) is -0.307. The first-order chi connectivity index (χ1) is 7.99. The van der Waals surface area contributed by atoms with Gasteiger partial charge in [-0.1, -0.05) is 6.92 Å². The van der Waals surface area contributed by atoms with Crippen LogP contribution in [0.15, 0.2) is 18.7 Å². The maximum absolute atomic E-state index is 11.6. The summed E-state index contributed by atoms with van der Waals surface area (Å²) in [4.78, 5) is 15.6. The minimum Gasteiger partial charge on any atom is -0.368 e. The van der Waals surface area contributed by atoms with Crippen LogP contribution < -0.4 is 11.1 Å². The van der Waals surface area contributed by atoms with Crippen LogP contribution in [0, 0.1) is 0 Å². The zero-order valence-corrected chi connectivity index (χ0v) is 10.8. The van der Waals surface area contributed by atoms with Crippen LogP contribution in [-0.4, -0.2) is 27.5 Å². The molecule has 0 saturated carbocycles. The van der Waals surface area contributed by atoms with Crippen molar-refractivity contribution in [2.75, 3.05) is 6.54 Å². The molecular formula is C12H22N4O. The Kier molecular flexibility index (Phi) is 4.69. The van der Waals surface area contributed by atoms with Crippen LogP contribution in [0.3, 0.4) is 0 Å². The molecule has 0 aliphatic carbocycles. The molecule has 1 heterocycles. The predicted octanol–water partition coefficient (Wildman–Crippen LogP) is 1.08. The Labute approximate surface area is 102 Å². The highest BCUT2D eigenvalue weighted by Gasteiger charge is 2.32. The first-order valence-corrected chi connectivity index (χ1v) is 6.02. The maximum atomic E-state index is 11.6. The summed E-state index contributed by atoms with van der Waals surface area (Å²) in [5.41, 5.74) is 4.82. The van der Waals surface area contributed by atoms with Crippen molar-refractivity contribution in [3.8, 4) is 0 Å². The minimum absolute atomic E-state index is 0.180. The van der Waals surface area contributed by atoms with Gasteiger partial charge in [-0.3, -0.25) is 4.79 Å². The number of imidazole rings is 1. The number of carbonyl (C=O) groups excluding carboxylic acids is 1. The molecule has 0 radical (unpaired) electrons. The molecule has 5 nitrogen and oxygen atoms in total. The molecule has 0 aliphatic heterocycles. The largest absolute Gasteiger partial charge is 0.368 e. The summed E-state index contributed by atoms with van der Waals surface area (Å²) >= 11 is 0. The van der Waals surface area contributed by atoms with E-state index in [0.717, 1.165) is 13.0 Å². The van der Waals surface area contributed by atoms with Crippen LogP contribution >= 0.6 is 0 Å². The van der Waals surface area contributed by atoms with E-state index >= 15 is 0 Å². The van der Waals surface area contributed by atoms with Crippen molar-refractivity contribution < 1.29 is 4.79 Å². The summed E-state index contributed by atoms with van der Waals surface area (Å²) in [7, 11) is 0. The van der Waals surface area contributed by atoms with Gasteiger partial charge < -0.3 is 15.6 Å². The van der Waals surface area contributed by atoms with Crippen LogP contribution in [0.5, 0.6) is 0 Å². The number of primary amides is 1. The number of nitrogens with two attached hydrogens (primary N) is 1. The van der Waals surface area contributed by atoms with Gasteiger partial charge in [-0.05, 0) is 33.2 Å². The lowest BCUT2D eigenvalue weighted by Crippen LogP contribution is -2.54. The highest BCUT2D eigenvalue weighted by atomic mass is 16.1. The lowest BCUT2D eigenvalue weighted by atomic mass is 9.92. The monoisotopic (exact) mass is 238 g/mol. The number of hydrogen-bond acceptors (Lipinski definition) is 3. The Bertz CT molecular complexity index is 349. The predicted molar refractivity (Wildman–Crippen MR) is 67.4 cm³/mol. The molecule has 0 bridgehead atoms. The topological polar surface area (TPSA) is 72.9 Å². The van der Waals surface area contributed by atoms with E-state index in [-0.39, 0.29) is 11.9 Å². The van der Waals surface area contributed by atoms with Gasteiger partial charge in [0, 0.05) is 18.4 Å². The molecule has 0 aliphatic rings. The highest BCUT2D eigenvalue weighted by molar-refractivity contribution is 5.84. The van der Waals surface area contributed by atoms with Gasteiger partial charge in [0.2, 0.25) is 5.91 Å². The van der Waals surface area contributed by atoms with Crippen LogP contribution in [-0.2, 0) is 4.79 Å². The van der Waals surface area contributed by atoms with E-state index in [1.54, 1.807) is 12.5 Å². The molecule has 1 aromatic heterocycles. The number of carbonyl (C=O) groups is 1. The first kappa shape index (κ1) is 13.7. The molecular weight excluding hydrogens is 216 g/mol. The number of amides is 1. The summed E-state index contributed by atoms with van der Waals surface area (Å²) in [6.07, 6.45) is 7.01. The van der Waals surface area contributed by atoms with Crippen LogP contribution in [0.25, 0.3) is 0 Å². The van der Waals surface area contributed by atoms with Crippen molar-refractivity contribution in [3.05, 3.63) is 18.7 Å². The lowest BCUT2D eigenvalue weighted by Gasteiger charge is -2.30. The summed E-state index contributed by atoms with van der Waals surface area (Å²) < 4.78 is 1.98. The zero-order valence-electron chi connectivity index (χ0n) is 10.8. The Morgan fingerprint density at radius 2 is 2.35 bits per heavy atom. The molecule has 1 aromatic rings. The van der Waals surface area contributed by atoms with Crippen LogP contribution in [0.4, 0.5) is 0 Å². The number of nitrogens with zero attached hydrogens (tertiary/aromatic N) is 2. The smallest absolute Gasteiger partial charge is 0.237 e. The Balaban J connectivity index is 2.69. The molecule has 17 heavy (non-hydrogen) atoms. The van der Waals surface area contributed by atoms with E-state index in [0.29, 0.717) is 6.42 Å². The van der Waals surface area contributed by atoms with Crippen molar-refractivity contribution in [1.29, 1.82) is 0 Å². The van der Waals surface area contributed by atoms with Crippen molar-refractivity contribution in [3.63, 3.8) is 0 Å². The van der Waals surface area contributed by atoms with Gasteiger partial charge in [0.1, 0.15) is 0 Å². The molecule has 1 amide bonds. The second-order valence-electron chi connectivity index (χ2n) is 4.69. The molecule has 2 unspecified atom stereocenters. The standard InChI is InChI=1S/C12H22N4O/c1-4-5-15-12(3,11(13)17)8-10(2)16-7-6-14-9-16/h6-7,9-10,15H,4-5,8H2,1-3H3,(H2,13,17). The maximum Gasteiger partial charge on any atom is 0.237 e. The lowest BCUT2D eigenvalue weighted by molar-refractivity contribution is -0.124. The number of nitrogens with one attached hydrogen (secondary N) is 1. The third-order valence-electron chi connectivity index (χ3n) is 3.05. The third-order valence-corrected chi connectivity index (χ3v) is 3.05. The first-order valence-electron chi connectivity index (χ1n) is 6.02. The number of rotatable bonds is 7. The van der Waals surface area contributed by atoms with E-state index in [4.69, 9.17) is 5.73 Å². The number of aromatic nitrogens is 2. The number of hydrogen-bond donors (Lipinski definition) is 2. The second kappa shape index (κ2) is 5.82. The van der Waals surface area contributed by atoms with Crippen molar-refractivity contribution in [1.82, 2.24) is 14.9 Å². The van der Waals surface area contributed by atoms with Crippen LogP contribution in [0.1, 0.15) is 39.7 Å². The van der Waals surface area contributed by atoms with Gasteiger partial charge in [-0.15, -0.1) is 0 Å². The molecule has 0 spiro atoms. The zero-order chi connectivity index (χ0) is 12.9. The van der Waals surface area contributed by atoms with E-state index in [9.17, 15) is 4.79 Å². The molecule has 0 saturated heterocycles. The summed E-state index contributed by atoms with van der Waals surface area (Å²) in [6.45, 7) is 6.76. The van der Waals surface area contributed by atoms with Crippen molar-refractivity contribution >= 4 is 5.91 Å².